The van der Waals surface area contributed by atoms with Gasteiger partial charge in [0.15, 0.2) is 0 Å². The zero-order chi connectivity index (χ0) is 16.1. The van der Waals surface area contributed by atoms with Crippen LogP contribution in [0.3, 0.4) is 0 Å². The van der Waals surface area contributed by atoms with Gasteiger partial charge in [-0.05, 0) is 56.3 Å². The van der Waals surface area contributed by atoms with E-state index in [-0.39, 0.29) is 18.3 Å². The molecule has 0 spiro atoms. The predicted octanol–water partition coefficient (Wildman–Crippen LogP) is 3.72. The first-order chi connectivity index (χ1) is 11.3. The first-order valence-electron chi connectivity index (χ1n) is 8.06. The van der Waals surface area contributed by atoms with Crippen LogP contribution in [0.2, 0.25) is 0 Å². The van der Waals surface area contributed by atoms with Gasteiger partial charge in [-0.1, -0.05) is 18.2 Å². The maximum atomic E-state index is 12.5. The van der Waals surface area contributed by atoms with E-state index in [4.69, 9.17) is 4.74 Å². The molecule has 1 aliphatic rings. The number of carbonyl (C=O) groups is 1. The van der Waals surface area contributed by atoms with Crippen molar-refractivity contribution in [1.82, 2.24) is 10.2 Å². The lowest BCUT2D eigenvalue weighted by Crippen LogP contribution is -2.43. The summed E-state index contributed by atoms with van der Waals surface area (Å²) in [6.07, 6.45) is 2.02. The summed E-state index contributed by atoms with van der Waals surface area (Å²) in [6.45, 7) is 1.62. The molecule has 0 radical (unpaired) electrons. The zero-order valence-corrected chi connectivity index (χ0v) is 14.6. The van der Waals surface area contributed by atoms with E-state index in [0.29, 0.717) is 11.6 Å². The monoisotopic (exact) mass is 346 g/mol. The first kappa shape index (κ1) is 18.3. The van der Waals surface area contributed by atoms with Gasteiger partial charge in [-0.2, -0.15) is 0 Å². The molecule has 0 unspecified atom stereocenters. The molecule has 2 aromatic carbocycles. The minimum Gasteiger partial charge on any atom is -0.457 e. The van der Waals surface area contributed by atoms with Gasteiger partial charge in [-0.15, -0.1) is 12.4 Å². The number of likely N-dealkylation sites (tertiary alicyclic amines) is 1. The molecule has 0 saturated carbocycles. The fourth-order valence-corrected chi connectivity index (χ4v) is 2.84. The molecule has 24 heavy (non-hydrogen) atoms. The van der Waals surface area contributed by atoms with E-state index >= 15 is 0 Å². The molecule has 3 rings (SSSR count). The van der Waals surface area contributed by atoms with Gasteiger partial charge < -0.3 is 15.0 Å². The Morgan fingerprint density at radius 1 is 1.00 bits per heavy atom. The van der Waals surface area contributed by atoms with Gasteiger partial charge in [0.25, 0.3) is 5.91 Å². The Bertz CT molecular complexity index is 638. The number of para-hydroxylation sites is 1. The van der Waals surface area contributed by atoms with Crippen molar-refractivity contribution in [2.24, 2.45) is 0 Å². The van der Waals surface area contributed by atoms with Gasteiger partial charge in [0.2, 0.25) is 0 Å². The summed E-state index contributed by atoms with van der Waals surface area (Å²) >= 11 is 0. The Kier molecular flexibility index (Phi) is 6.64. The molecule has 1 heterocycles. The van der Waals surface area contributed by atoms with Gasteiger partial charge in [0, 0.05) is 24.7 Å². The zero-order valence-electron chi connectivity index (χ0n) is 13.8. The predicted molar refractivity (Wildman–Crippen MR) is 98.2 cm³/mol. The van der Waals surface area contributed by atoms with E-state index in [9.17, 15) is 4.79 Å². The van der Waals surface area contributed by atoms with Crippen LogP contribution in [0.25, 0.3) is 0 Å². The second kappa shape index (κ2) is 8.71. The van der Waals surface area contributed by atoms with Crippen molar-refractivity contribution >= 4 is 18.3 Å². The molecule has 1 fully saturated rings. The SMILES string of the molecule is CNC1CCN(C(=O)c2ccc(Oc3ccccc3)cc2)CC1.Cl. The van der Waals surface area contributed by atoms with Gasteiger partial charge >= 0.3 is 0 Å². The standard InChI is InChI=1S/C19H22N2O2.ClH/c1-20-16-11-13-21(14-12-16)19(22)15-7-9-18(10-8-15)23-17-5-3-2-4-6-17;/h2-10,16,20H,11-14H2,1H3;1H. The number of ether oxygens (including phenoxy) is 1. The maximum Gasteiger partial charge on any atom is 0.253 e. The number of piperidine rings is 1. The topological polar surface area (TPSA) is 41.6 Å². The molecular formula is C19H23ClN2O2. The number of nitrogens with zero attached hydrogens (tertiary/aromatic N) is 1. The highest BCUT2D eigenvalue weighted by molar-refractivity contribution is 5.94. The van der Waals surface area contributed by atoms with Crippen LogP contribution in [0, 0.1) is 0 Å². The number of benzene rings is 2. The second-order valence-electron chi connectivity index (χ2n) is 5.79. The van der Waals surface area contributed by atoms with E-state index in [1.165, 1.54) is 0 Å². The summed E-state index contributed by atoms with van der Waals surface area (Å²) in [4.78, 5) is 14.5. The van der Waals surface area contributed by atoms with Gasteiger partial charge in [0.1, 0.15) is 11.5 Å². The molecule has 128 valence electrons. The summed E-state index contributed by atoms with van der Waals surface area (Å²) in [5.41, 5.74) is 0.716. The number of carbonyl (C=O) groups excluding carboxylic acids is 1. The molecule has 1 saturated heterocycles. The Hall–Kier alpha value is -2.04. The van der Waals surface area contributed by atoms with Crippen LogP contribution < -0.4 is 10.1 Å². The lowest BCUT2D eigenvalue weighted by molar-refractivity contribution is 0.0707. The molecule has 1 N–H and O–H groups in total. The van der Waals surface area contributed by atoms with Crippen molar-refractivity contribution in [3.8, 4) is 11.5 Å². The van der Waals surface area contributed by atoms with Gasteiger partial charge in [0.05, 0.1) is 0 Å². The maximum absolute atomic E-state index is 12.5. The van der Waals surface area contributed by atoms with Crippen molar-refractivity contribution in [2.75, 3.05) is 20.1 Å². The summed E-state index contributed by atoms with van der Waals surface area (Å²) in [6, 6.07) is 17.5. The molecule has 1 aliphatic heterocycles. The molecule has 0 aromatic heterocycles. The number of nitrogens with one attached hydrogen (secondary N) is 1. The Morgan fingerprint density at radius 2 is 1.58 bits per heavy atom. The van der Waals surface area contributed by atoms with Gasteiger partial charge in [-0.25, -0.2) is 0 Å². The highest BCUT2D eigenvalue weighted by atomic mass is 35.5. The molecule has 2 aromatic rings. The van der Waals surface area contributed by atoms with Crippen LogP contribution in [0.4, 0.5) is 0 Å². The van der Waals surface area contributed by atoms with Crippen molar-refractivity contribution in [2.45, 2.75) is 18.9 Å². The molecular weight excluding hydrogens is 324 g/mol. The van der Waals surface area contributed by atoms with Crippen LogP contribution in [0.5, 0.6) is 11.5 Å². The molecule has 4 nitrogen and oxygen atoms in total. The number of hydrogen-bond acceptors (Lipinski definition) is 3. The Labute approximate surface area is 149 Å². The van der Waals surface area contributed by atoms with E-state index in [1.54, 1.807) is 0 Å². The lowest BCUT2D eigenvalue weighted by Gasteiger charge is -2.31. The number of amides is 1. The molecule has 1 amide bonds. The second-order valence-corrected chi connectivity index (χ2v) is 5.79. The van der Waals surface area contributed by atoms with E-state index in [1.807, 2.05) is 66.5 Å². The largest absolute Gasteiger partial charge is 0.457 e. The van der Waals surface area contributed by atoms with Crippen LogP contribution in [-0.4, -0.2) is 37.0 Å². The average Bonchev–Trinajstić information content (AvgIpc) is 2.63. The molecule has 0 aliphatic carbocycles. The van der Waals surface area contributed by atoms with Crippen LogP contribution in [0.1, 0.15) is 23.2 Å². The van der Waals surface area contributed by atoms with Crippen LogP contribution in [-0.2, 0) is 0 Å². The van der Waals surface area contributed by atoms with Crippen molar-refractivity contribution in [3.05, 3.63) is 60.2 Å². The Morgan fingerprint density at radius 3 is 2.17 bits per heavy atom. The summed E-state index contributed by atoms with van der Waals surface area (Å²) < 4.78 is 5.75. The summed E-state index contributed by atoms with van der Waals surface area (Å²) in [5, 5.41) is 3.28. The molecule has 0 bridgehead atoms. The normalized spacial score (nSPS) is 14.8. The quantitative estimate of drug-likeness (QED) is 0.917. The fourth-order valence-electron chi connectivity index (χ4n) is 2.84. The van der Waals surface area contributed by atoms with Crippen molar-refractivity contribution in [1.29, 1.82) is 0 Å². The third-order valence-corrected chi connectivity index (χ3v) is 4.27. The first-order valence-corrected chi connectivity index (χ1v) is 8.06. The van der Waals surface area contributed by atoms with Crippen LogP contribution >= 0.6 is 12.4 Å². The van der Waals surface area contributed by atoms with E-state index < -0.39 is 0 Å². The van der Waals surface area contributed by atoms with Crippen molar-refractivity contribution in [3.63, 3.8) is 0 Å². The third kappa shape index (κ3) is 4.49. The fraction of sp³-hybridized carbons (Fsp3) is 0.316. The number of rotatable bonds is 4. The number of halogens is 1. The molecule has 5 heteroatoms. The minimum absolute atomic E-state index is 0. The summed E-state index contributed by atoms with van der Waals surface area (Å²) in [5.74, 6) is 1.63. The highest BCUT2D eigenvalue weighted by Crippen LogP contribution is 2.22. The molecule has 0 atom stereocenters. The average molecular weight is 347 g/mol. The van der Waals surface area contributed by atoms with Gasteiger partial charge in [-0.3, -0.25) is 4.79 Å². The van der Waals surface area contributed by atoms with Crippen molar-refractivity contribution < 1.29 is 9.53 Å². The number of hydrogen-bond donors (Lipinski definition) is 1. The van der Waals surface area contributed by atoms with E-state index in [0.717, 1.165) is 37.4 Å². The highest BCUT2D eigenvalue weighted by Gasteiger charge is 2.22. The van der Waals surface area contributed by atoms with Crippen LogP contribution in [0.15, 0.2) is 54.6 Å². The third-order valence-electron chi connectivity index (χ3n) is 4.27. The summed E-state index contributed by atoms with van der Waals surface area (Å²) in [7, 11) is 1.98. The smallest absolute Gasteiger partial charge is 0.253 e. The Balaban J connectivity index is 0.00000208. The van der Waals surface area contributed by atoms with E-state index in [2.05, 4.69) is 5.32 Å². The minimum atomic E-state index is 0. The lowest BCUT2D eigenvalue weighted by atomic mass is 10.0.